The summed E-state index contributed by atoms with van der Waals surface area (Å²) in [7, 11) is 1.39. The minimum absolute atomic E-state index is 0.122. The maximum absolute atomic E-state index is 12.4. The highest BCUT2D eigenvalue weighted by atomic mass is 16.3. The molecule has 1 aromatic heterocycles. The Labute approximate surface area is 108 Å². The van der Waals surface area contributed by atoms with Crippen molar-refractivity contribution in [3.63, 3.8) is 0 Å². The minimum atomic E-state index is -0.446. The number of aryl methyl sites for hydroxylation is 1. The van der Waals surface area contributed by atoms with Gasteiger partial charge in [-0.2, -0.15) is 0 Å². The zero-order valence-electron chi connectivity index (χ0n) is 10.4. The van der Waals surface area contributed by atoms with Crippen LogP contribution in [0.25, 0.3) is 0 Å². The van der Waals surface area contributed by atoms with E-state index in [1.807, 2.05) is 6.92 Å². The Morgan fingerprint density at radius 1 is 0.947 bits per heavy atom. The second-order valence-electron chi connectivity index (χ2n) is 4.66. The Bertz CT molecular complexity index is 755. The molecular weight excluding hydrogens is 246 g/mol. The zero-order valence-corrected chi connectivity index (χ0v) is 10.4. The first-order valence-electron chi connectivity index (χ1n) is 5.74. The number of fused-ring (bicyclic) bond motifs is 2. The lowest BCUT2D eigenvalue weighted by Crippen LogP contribution is -2.19. The highest BCUT2D eigenvalue weighted by Crippen LogP contribution is 2.39. The molecule has 96 valence electrons. The lowest BCUT2D eigenvalue weighted by Gasteiger charge is -2.14. The van der Waals surface area contributed by atoms with Crippen LogP contribution in [0.3, 0.4) is 0 Å². The van der Waals surface area contributed by atoms with Crippen molar-refractivity contribution in [3.8, 4) is 11.8 Å². The van der Waals surface area contributed by atoms with E-state index in [0.29, 0.717) is 0 Å². The number of hydrogen-bond acceptors (Lipinski definition) is 4. The smallest absolute Gasteiger partial charge is 0.205 e. The van der Waals surface area contributed by atoms with Gasteiger partial charge in [0.05, 0.1) is 11.1 Å². The van der Waals surface area contributed by atoms with Gasteiger partial charge in [-0.3, -0.25) is 14.2 Å². The Morgan fingerprint density at radius 3 is 2.05 bits per heavy atom. The van der Waals surface area contributed by atoms with E-state index in [1.54, 1.807) is 18.2 Å². The molecule has 5 nitrogen and oxygen atoms in total. The van der Waals surface area contributed by atoms with E-state index in [9.17, 15) is 19.8 Å². The van der Waals surface area contributed by atoms with Crippen molar-refractivity contribution < 1.29 is 19.8 Å². The summed E-state index contributed by atoms with van der Waals surface area (Å²) in [5, 5.41) is 19.7. The van der Waals surface area contributed by atoms with Gasteiger partial charge in [0.2, 0.25) is 11.8 Å². The summed E-state index contributed by atoms with van der Waals surface area (Å²) >= 11 is 0. The van der Waals surface area contributed by atoms with E-state index in [1.165, 1.54) is 7.05 Å². The van der Waals surface area contributed by atoms with Crippen molar-refractivity contribution in [3.05, 3.63) is 46.0 Å². The van der Waals surface area contributed by atoms with E-state index in [0.717, 1.165) is 10.1 Å². The molecule has 19 heavy (non-hydrogen) atoms. The quantitative estimate of drug-likeness (QED) is 0.640. The predicted octanol–water partition coefficient (Wildman–Crippen LogP) is 1.52. The summed E-state index contributed by atoms with van der Waals surface area (Å²) in [6, 6.07) is 4.91. The van der Waals surface area contributed by atoms with Gasteiger partial charge in [0, 0.05) is 18.2 Å². The first-order chi connectivity index (χ1) is 8.93. The van der Waals surface area contributed by atoms with E-state index in [4.69, 9.17) is 0 Å². The van der Waals surface area contributed by atoms with Crippen LogP contribution in [0.15, 0.2) is 18.2 Å². The van der Waals surface area contributed by atoms with Gasteiger partial charge in [0.15, 0.2) is 11.6 Å². The monoisotopic (exact) mass is 257 g/mol. The third-order valence-corrected chi connectivity index (χ3v) is 3.45. The standard InChI is InChI=1S/C14H11NO4/c1-6-3-4-7-8(5-6)12(17)10-9(11(7)16)13(18)15(2)14(10)19/h3-5,18-19H,1-2H3. The van der Waals surface area contributed by atoms with Crippen LogP contribution in [0.4, 0.5) is 0 Å². The molecule has 0 bridgehead atoms. The molecule has 5 heteroatoms. The molecule has 1 heterocycles. The lowest BCUT2D eigenvalue weighted by molar-refractivity contribution is 0.0976. The second-order valence-corrected chi connectivity index (χ2v) is 4.66. The highest BCUT2D eigenvalue weighted by molar-refractivity contribution is 6.30. The molecule has 0 saturated heterocycles. The molecule has 2 aromatic rings. The molecule has 2 N–H and O–H groups in total. The largest absolute Gasteiger partial charge is 0.494 e. The number of aromatic hydroxyl groups is 2. The molecule has 0 fully saturated rings. The Balaban J connectivity index is 2.39. The SMILES string of the molecule is Cc1ccc2c(c1)C(=O)c1c(c(O)n(C)c1O)C2=O. The fraction of sp³-hybridized carbons (Fsp3) is 0.143. The van der Waals surface area contributed by atoms with Crippen molar-refractivity contribution in [2.24, 2.45) is 7.05 Å². The number of benzene rings is 1. The number of aromatic nitrogens is 1. The molecule has 0 atom stereocenters. The van der Waals surface area contributed by atoms with Crippen LogP contribution in [0.2, 0.25) is 0 Å². The van der Waals surface area contributed by atoms with Crippen LogP contribution in [0, 0.1) is 6.92 Å². The second kappa shape index (κ2) is 3.47. The van der Waals surface area contributed by atoms with Crippen molar-refractivity contribution in [2.45, 2.75) is 6.92 Å². The molecule has 3 rings (SSSR count). The fourth-order valence-corrected chi connectivity index (χ4v) is 2.40. The summed E-state index contributed by atoms with van der Waals surface area (Å²) < 4.78 is 1.03. The van der Waals surface area contributed by atoms with Crippen molar-refractivity contribution in [2.75, 3.05) is 0 Å². The molecule has 0 spiro atoms. The van der Waals surface area contributed by atoms with E-state index in [2.05, 4.69) is 0 Å². The van der Waals surface area contributed by atoms with Crippen LogP contribution >= 0.6 is 0 Å². The van der Waals surface area contributed by atoms with E-state index < -0.39 is 23.3 Å². The minimum Gasteiger partial charge on any atom is -0.494 e. The summed E-state index contributed by atoms with van der Waals surface area (Å²) in [4.78, 5) is 24.7. The number of nitrogens with zero attached hydrogens (tertiary/aromatic N) is 1. The molecule has 0 amide bonds. The summed E-state index contributed by atoms with van der Waals surface area (Å²) in [6.07, 6.45) is 0. The van der Waals surface area contributed by atoms with Crippen LogP contribution in [-0.4, -0.2) is 26.3 Å². The molecule has 0 saturated carbocycles. The number of carbonyl (C=O) groups excluding carboxylic acids is 2. The third-order valence-electron chi connectivity index (χ3n) is 3.45. The zero-order chi connectivity index (χ0) is 13.9. The van der Waals surface area contributed by atoms with Crippen LogP contribution in [0.5, 0.6) is 11.8 Å². The molecule has 1 aliphatic rings. The van der Waals surface area contributed by atoms with Gasteiger partial charge in [-0.25, -0.2) is 0 Å². The van der Waals surface area contributed by atoms with Gasteiger partial charge in [0.25, 0.3) is 0 Å². The van der Waals surface area contributed by atoms with Crippen molar-refractivity contribution in [1.82, 2.24) is 4.57 Å². The summed E-state index contributed by atoms with van der Waals surface area (Å²) in [5.74, 6) is -1.67. The van der Waals surface area contributed by atoms with Gasteiger partial charge in [-0.15, -0.1) is 0 Å². The van der Waals surface area contributed by atoms with Gasteiger partial charge >= 0.3 is 0 Å². The fourth-order valence-electron chi connectivity index (χ4n) is 2.40. The average Bonchev–Trinajstić information content (AvgIpc) is 2.61. The van der Waals surface area contributed by atoms with Gasteiger partial charge < -0.3 is 10.2 Å². The number of carbonyl (C=O) groups is 2. The van der Waals surface area contributed by atoms with E-state index in [-0.39, 0.29) is 22.3 Å². The molecule has 0 aliphatic heterocycles. The van der Waals surface area contributed by atoms with Crippen molar-refractivity contribution in [1.29, 1.82) is 0 Å². The first-order valence-corrected chi connectivity index (χ1v) is 5.74. The average molecular weight is 257 g/mol. The Hall–Kier alpha value is -2.56. The van der Waals surface area contributed by atoms with Gasteiger partial charge in [-0.1, -0.05) is 17.7 Å². The maximum atomic E-state index is 12.4. The molecule has 1 aliphatic carbocycles. The number of ketones is 2. The Kier molecular flexibility index (Phi) is 2.11. The van der Waals surface area contributed by atoms with Crippen molar-refractivity contribution >= 4 is 11.6 Å². The first kappa shape index (κ1) is 11.5. The maximum Gasteiger partial charge on any atom is 0.205 e. The number of hydrogen-bond donors (Lipinski definition) is 2. The van der Waals surface area contributed by atoms with Crippen LogP contribution < -0.4 is 0 Å². The Morgan fingerprint density at radius 2 is 1.47 bits per heavy atom. The number of rotatable bonds is 0. The summed E-state index contributed by atoms with van der Waals surface area (Å²) in [6.45, 7) is 1.82. The summed E-state index contributed by atoms with van der Waals surface area (Å²) in [5.41, 5.74) is 1.12. The normalized spacial score (nSPS) is 13.4. The predicted molar refractivity (Wildman–Crippen MR) is 66.8 cm³/mol. The third kappa shape index (κ3) is 1.29. The molecule has 1 aromatic carbocycles. The molecule has 0 radical (unpaired) electrons. The highest BCUT2D eigenvalue weighted by Gasteiger charge is 2.37. The lowest BCUT2D eigenvalue weighted by atomic mass is 9.85. The van der Waals surface area contributed by atoms with Crippen LogP contribution in [0.1, 0.15) is 37.4 Å². The van der Waals surface area contributed by atoms with Gasteiger partial charge in [-0.05, 0) is 13.0 Å². The molecule has 0 unspecified atom stereocenters. The van der Waals surface area contributed by atoms with Gasteiger partial charge in [0.1, 0.15) is 0 Å². The topological polar surface area (TPSA) is 79.5 Å². The molecular formula is C14H11NO4. The van der Waals surface area contributed by atoms with Crippen LogP contribution in [-0.2, 0) is 7.05 Å². The van der Waals surface area contributed by atoms with E-state index >= 15 is 0 Å².